The van der Waals surface area contributed by atoms with Crippen LogP contribution in [0.2, 0.25) is 5.02 Å². The van der Waals surface area contributed by atoms with Crippen molar-refractivity contribution in [3.63, 3.8) is 0 Å². The zero-order valence-corrected chi connectivity index (χ0v) is 21.6. The molecule has 1 unspecified atom stereocenters. The number of likely N-dealkylation sites (tertiary alicyclic amines) is 1. The first-order valence-electron chi connectivity index (χ1n) is 11.9. The molecule has 0 spiro atoms. The normalized spacial score (nSPS) is 16.7. The molecule has 0 saturated carbocycles. The summed E-state index contributed by atoms with van der Waals surface area (Å²) in [4.78, 5) is 19.8. The Morgan fingerprint density at radius 2 is 1.97 bits per heavy atom. The molecule has 0 radical (unpaired) electrons. The minimum Gasteiger partial charge on any atom is -0.497 e. The van der Waals surface area contributed by atoms with Crippen molar-refractivity contribution < 1.29 is 23.4 Å². The number of aliphatic carboxylic acids is 1. The van der Waals surface area contributed by atoms with Gasteiger partial charge in [0.05, 0.1) is 23.1 Å². The Kier molecular flexibility index (Phi) is 8.70. The summed E-state index contributed by atoms with van der Waals surface area (Å²) in [6.45, 7) is 2.09. The lowest BCUT2D eigenvalue weighted by atomic mass is 9.74. The minimum atomic E-state index is -1.42. The molecule has 1 fully saturated rings. The predicted molar refractivity (Wildman–Crippen MR) is 139 cm³/mol. The molecule has 0 bridgehead atoms. The Balaban J connectivity index is 1.37. The van der Waals surface area contributed by atoms with E-state index in [2.05, 4.69) is 9.88 Å². The number of rotatable bonds is 10. The summed E-state index contributed by atoms with van der Waals surface area (Å²) in [5.74, 6) is 0.277. The molecule has 5 nitrogen and oxygen atoms in total. The van der Waals surface area contributed by atoms with E-state index in [1.54, 1.807) is 42.1 Å². The first-order chi connectivity index (χ1) is 17.3. The number of fused-ring (bicyclic) bond motifs is 1. The van der Waals surface area contributed by atoms with Crippen LogP contribution in [0.3, 0.4) is 0 Å². The van der Waals surface area contributed by atoms with E-state index in [1.165, 1.54) is 25.4 Å². The third kappa shape index (κ3) is 6.10. The zero-order valence-electron chi connectivity index (χ0n) is 20.1. The van der Waals surface area contributed by atoms with E-state index < -0.39 is 17.6 Å². The highest BCUT2D eigenvalue weighted by atomic mass is 35.5. The number of nitrogens with zero attached hydrogens (tertiary/aromatic N) is 2. The van der Waals surface area contributed by atoms with E-state index in [-0.39, 0.29) is 23.7 Å². The second-order valence-electron chi connectivity index (χ2n) is 9.14. The molecule has 0 aliphatic carbocycles. The molecule has 1 atom stereocenters. The van der Waals surface area contributed by atoms with Gasteiger partial charge in [0, 0.05) is 34.3 Å². The van der Waals surface area contributed by atoms with E-state index >= 15 is 4.39 Å². The molecule has 1 aromatic heterocycles. The number of carbonyl (C=O) groups is 1. The summed E-state index contributed by atoms with van der Waals surface area (Å²) in [6.07, 6.45) is 1.24. The molecular formula is C27H29ClF2N2O3S. The fourth-order valence-corrected chi connectivity index (χ4v) is 5.94. The monoisotopic (exact) mass is 534 g/mol. The first-order valence-corrected chi connectivity index (χ1v) is 13.3. The van der Waals surface area contributed by atoms with Crippen molar-refractivity contribution in [3.05, 3.63) is 65.1 Å². The average Bonchev–Trinajstić information content (AvgIpc) is 2.88. The van der Waals surface area contributed by atoms with Gasteiger partial charge in [-0.05, 0) is 81.2 Å². The SMILES string of the molecule is COc1ccc2ncc(Cl)c(C(F)CCC3(C(=O)O)CCN(CCSc4ccc(F)cc4)CC3)c2c1. The number of aromatic nitrogens is 1. The number of alkyl halides is 1. The predicted octanol–water partition coefficient (Wildman–Crippen LogP) is 6.79. The number of piperidine rings is 1. The second-order valence-corrected chi connectivity index (χ2v) is 10.7. The molecule has 3 aromatic rings. The van der Waals surface area contributed by atoms with Crippen molar-refractivity contribution in [2.45, 2.75) is 36.8 Å². The van der Waals surface area contributed by atoms with Gasteiger partial charge < -0.3 is 14.7 Å². The summed E-state index contributed by atoms with van der Waals surface area (Å²) in [6, 6.07) is 11.6. The van der Waals surface area contributed by atoms with Crippen LogP contribution >= 0.6 is 23.4 Å². The quantitative estimate of drug-likeness (QED) is 0.289. The second kappa shape index (κ2) is 11.8. The Bertz CT molecular complexity index is 1200. The molecular weight excluding hydrogens is 506 g/mol. The maximum absolute atomic E-state index is 15.6. The molecule has 4 rings (SSSR count). The highest BCUT2D eigenvalue weighted by molar-refractivity contribution is 7.99. The topological polar surface area (TPSA) is 62.7 Å². The van der Waals surface area contributed by atoms with Gasteiger partial charge in [0.15, 0.2) is 0 Å². The standard InChI is InChI=1S/C27H29ClF2N2O3S/c1-35-19-4-7-24-21(16-19)25(22(28)17-31-24)23(30)8-9-27(26(33)34)10-12-32(13-11-27)14-15-36-20-5-2-18(29)3-6-20/h2-7,16-17,23H,8-15H2,1H3,(H,33,34). The maximum atomic E-state index is 15.6. The van der Waals surface area contributed by atoms with E-state index in [9.17, 15) is 14.3 Å². The first kappa shape index (κ1) is 26.6. The smallest absolute Gasteiger partial charge is 0.309 e. The molecule has 192 valence electrons. The summed E-state index contributed by atoms with van der Waals surface area (Å²) < 4.78 is 33.9. The van der Waals surface area contributed by atoms with Gasteiger partial charge in [0.1, 0.15) is 17.7 Å². The van der Waals surface area contributed by atoms with Crippen molar-refractivity contribution in [2.24, 2.45) is 5.41 Å². The molecule has 1 aliphatic heterocycles. The lowest BCUT2D eigenvalue weighted by molar-refractivity contribution is -0.153. The van der Waals surface area contributed by atoms with Gasteiger partial charge in [-0.25, -0.2) is 8.78 Å². The number of carboxylic acids is 1. The molecule has 1 saturated heterocycles. The van der Waals surface area contributed by atoms with E-state index in [4.69, 9.17) is 16.3 Å². The number of benzene rings is 2. The van der Waals surface area contributed by atoms with Crippen LogP contribution in [0.15, 0.2) is 53.6 Å². The third-order valence-corrected chi connectivity index (χ3v) is 8.31. The molecule has 36 heavy (non-hydrogen) atoms. The molecule has 1 N–H and O–H groups in total. The third-order valence-electron chi connectivity index (χ3n) is 7.01. The Labute approximate surface area is 218 Å². The zero-order chi connectivity index (χ0) is 25.7. The fourth-order valence-electron chi connectivity index (χ4n) is 4.76. The minimum absolute atomic E-state index is 0.0583. The summed E-state index contributed by atoms with van der Waals surface area (Å²) >= 11 is 7.99. The van der Waals surface area contributed by atoms with Crippen molar-refractivity contribution >= 4 is 40.2 Å². The molecule has 9 heteroatoms. The van der Waals surface area contributed by atoms with Crippen LogP contribution in [0.1, 0.15) is 37.4 Å². The number of hydrogen-bond acceptors (Lipinski definition) is 5. The van der Waals surface area contributed by atoms with Gasteiger partial charge in [-0.15, -0.1) is 11.8 Å². The van der Waals surface area contributed by atoms with Gasteiger partial charge in [-0.1, -0.05) is 11.6 Å². The Hall–Kier alpha value is -2.42. The number of thioether (sulfide) groups is 1. The van der Waals surface area contributed by atoms with Crippen molar-refractivity contribution in [2.75, 3.05) is 32.5 Å². The van der Waals surface area contributed by atoms with E-state index in [0.29, 0.717) is 48.1 Å². The molecule has 2 aromatic carbocycles. The molecule has 0 amide bonds. The van der Waals surface area contributed by atoms with Gasteiger partial charge in [-0.2, -0.15) is 0 Å². The average molecular weight is 535 g/mol. The van der Waals surface area contributed by atoms with Gasteiger partial charge in [-0.3, -0.25) is 9.78 Å². The largest absolute Gasteiger partial charge is 0.497 e. The van der Waals surface area contributed by atoms with Crippen LogP contribution in [0.5, 0.6) is 5.75 Å². The van der Waals surface area contributed by atoms with Crippen LogP contribution in [-0.4, -0.2) is 53.5 Å². The lowest BCUT2D eigenvalue weighted by Gasteiger charge is -2.39. The van der Waals surface area contributed by atoms with Gasteiger partial charge >= 0.3 is 5.97 Å². The van der Waals surface area contributed by atoms with Crippen LogP contribution in [-0.2, 0) is 4.79 Å². The van der Waals surface area contributed by atoms with Crippen LogP contribution in [0.4, 0.5) is 8.78 Å². The fraction of sp³-hybridized carbons (Fsp3) is 0.407. The number of halogens is 3. The van der Waals surface area contributed by atoms with Gasteiger partial charge in [0.2, 0.25) is 0 Å². The highest BCUT2D eigenvalue weighted by Gasteiger charge is 2.41. The maximum Gasteiger partial charge on any atom is 0.309 e. The number of methoxy groups -OCH3 is 1. The van der Waals surface area contributed by atoms with Crippen LogP contribution in [0.25, 0.3) is 10.9 Å². The Morgan fingerprint density at radius 1 is 1.25 bits per heavy atom. The van der Waals surface area contributed by atoms with Crippen LogP contribution < -0.4 is 4.74 Å². The summed E-state index contributed by atoms with van der Waals surface area (Å²) in [5.41, 5.74) is -0.0215. The van der Waals surface area contributed by atoms with Gasteiger partial charge in [0.25, 0.3) is 0 Å². The van der Waals surface area contributed by atoms with E-state index in [1.807, 2.05) is 0 Å². The number of ether oxygens (including phenoxy) is 1. The summed E-state index contributed by atoms with van der Waals surface area (Å²) in [7, 11) is 1.54. The Morgan fingerprint density at radius 3 is 2.64 bits per heavy atom. The number of carboxylic acid groups (broad SMARTS) is 1. The number of hydrogen-bond donors (Lipinski definition) is 1. The molecule has 1 aliphatic rings. The lowest BCUT2D eigenvalue weighted by Crippen LogP contribution is -2.45. The van der Waals surface area contributed by atoms with E-state index in [0.717, 1.165) is 17.2 Å². The highest BCUT2D eigenvalue weighted by Crippen LogP contribution is 2.42. The van der Waals surface area contributed by atoms with Crippen molar-refractivity contribution in [1.29, 1.82) is 0 Å². The number of pyridine rings is 1. The molecule has 2 heterocycles. The summed E-state index contributed by atoms with van der Waals surface area (Å²) in [5, 5.41) is 10.9. The van der Waals surface area contributed by atoms with Crippen molar-refractivity contribution in [1.82, 2.24) is 9.88 Å². The van der Waals surface area contributed by atoms with Crippen molar-refractivity contribution in [3.8, 4) is 5.75 Å². The van der Waals surface area contributed by atoms with Crippen LogP contribution in [0, 0.1) is 11.2 Å².